The van der Waals surface area contributed by atoms with Gasteiger partial charge in [0.15, 0.2) is 0 Å². The zero-order chi connectivity index (χ0) is 15.2. The van der Waals surface area contributed by atoms with Crippen molar-refractivity contribution in [2.24, 2.45) is 5.92 Å². The molecule has 1 aliphatic heterocycles. The van der Waals surface area contributed by atoms with Crippen LogP contribution in [0, 0.1) is 12.8 Å². The normalized spacial score (nSPS) is 18.5. The van der Waals surface area contributed by atoms with Crippen molar-refractivity contribution in [1.29, 1.82) is 0 Å². The van der Waals surface area contributed by atoms with Gasteiger partial charge in [0.25, 0.3) is 0 Å². The topological polar surface area (TPSA) is 87.5 Å². The van der Waals surface area contributed by atoms with E-state index in [2.05, 4.69) is 10.3 Å². The molecule has 1 aromatic rings. The van der Waals surface area contributed by atoms with Crippen molar-refractivity contribution < 1.29 is 14.7 Å². The molecule has 1 aromatic heterocycles. The van der Waals surface area contributed by atoms with Gasteiger partial charge in [-0.25, -0.2) is 9.78 Å². The number of hydrogen-bond donors (Lipinski definition) is 2. The zero-order valence-corrected chi connectivity index (χ0v) is 12.3. The maximum Gasteiger partial charge on any atom is 0.317 e. The average Bonchev–Trinajstić information content (AvgIpc) is 2.89. The molecule has 1 aliphatic rings. The summed E-state index contributed by atoms with van der Waals surface area (Å²) in [4.78, 5) is 28.7. The number of carboxylic acids is 1. The van der Waals surface area contributed by atoms with Crippen molar-refractivity contribution in [2.75, 3.05) is 19.6 Å². The highest BCUT2D eigenvalue weighted by atomic mass is 16.4. The third-order valence-electron chi connectivity index (χ3n) is 3.83. The number of nitrogens with zero attached hydrogens (tertiary/aromatic N) is 3. The number of carboxylic acid groups (broad SMARTS) is 1. The predicted octanol–water partition coefficient (Wildman–Crippen LogP) is 1.09. The first-order valence-corrected chi connectivity index (χ1v) is 7.31. The fourth-order valence-electron chi connectivity index (χ4n) is 2.56. The third kappa shape index (κ3) is 4.21. The van der Waals surface area contributed by atoms with E-state index in [9.17, 15) is 9.59 Å². The van der Waals surface area contributed by atoms with Crippen LogP contribution in [-0.2, 0) is 11.3 Å². The maximum absolute atomic E-state index is 12.0. The van der Waals surface area contributed by atoms with Crippen LogP contribution in [0.25, 0.3) is 0 Å². The largest absolute Gasteiger partial charge is 0.481 e. The minimum Gasteiger partial charge on any atom is -0.481 e. The molecule has 2 N–H and O–H groups in total. The maximum atomic E-state index is 12.0. The number of nitrogens with one attached hydrogen (secondary N) is 1. The molecule has 2 amide bonds. The highest BCUT2D eigenvalue weighted by molar-refractivity contribution is 5.76. The fraction of sp³-hybridized carbons (Fsp3) is 0.643. The van der Waals surface area contributed by atoms with E-state index in [0.29, 0.717) is 26.1 Å². The van der Waals surface area contributed by atoms with E-state index in [1.165, 1.54) is 0 Å². The van der Waals surface area contributed by atoms with Crippen LogP contribution >= 0.6 is 0 Å². The van der Waals surface area contributed by atoms with E-state index in [-0.39, 0.29) is 6.03 Å². The van der Waals surface area contributed by atoms with Crippen molar-refractivity contribution in [3.63, 3.8) is 0 Å². The number of aromatic nitrogens is 2. The molecule has 7 heteroatoms. The van der Waals surface area contributed by atoms with Crippen molar-refractivity contribution in [3.05, 3.63) is 18.2 Å². The standard InChI is InChI=1S/C14H22N4O3/c1-11-15-6-9-17(11)8-3-5-16-14(21)18-7-2-4-12(10-18)13(19)20/h6,9,12H,2-5,7-8,10H2,1H3,(H,16,21)(H,19,20). The van der Waals surface area contributed by atoms with E-state index in [1.807, 2.05) is 17.7 Å². The molecule has 0 aromatic carbocycles. The second-order valence-corrected chi connectivity index (χ2v) is 5.38. The summed E-state index contributed by atoms with van der Waals surface area (Å²) in [7, 11) is 0. The number of carbonyl (C=O) groups is 2. The number of likely N-dealkylation sites (tertiary alicyclic amines) is 1. The summed E-state index contributed by atoms with van der Waals surface area (Å²) in [6.45, 7) is 4.27. The Bertz CT molecular complexity index is 500. The predicted molar refractivity (Wildman–Crippen MR) is 76.9 cm³/mol. The van der Waals surface area contributed by atoms with Crippen LogP contribution in [0.15, 0.2) is 12.4 Å². The average molecular weight is 294 g/mol. The Labute approximate surface area is 124 Å². The molecule has 2 heterocycles. The number of amides is 2. The summed E-state index contributed by atoms with van der Waals surface area (Å²) in [6, 6.07) is -0.164. The quantitative estimate of drug-likeness (QED) is 0.796. The SMILES string of the molecule is Cc1nccn1CCCNC(=O)N1CCCC(C(=O)O)C1. The number of piperidine rings is 1. The Morgan fingerprint density at radius 2 is 2.33 bits per heavy atom. The van der Waals surface area contributed by atoms with Crippen LogP contribution in [0.3, 0.4) is 0 Å². The van der Waals surface area contributed by atoms with E-state index in [1.54, 1.807) is 11.1 Å². The number of aryl methyl sites for hydroxylation is 2. The van der Waals surface area contributed by atoms with E-state index >= 15 is 0 Å². The Kier molecular flexibility index (Phi) is 5.19. The zero-order valence-electron chi connectivity index (χ0n) is 12.3. The summed E-state index contributed by atoms with van der Waals surface area (Å²) in [5.74, 6) is -0.289. The number of rotatable bonds is 5. The van der Waals surface area contributed by atoms with Crippen molar-refractivity contribution in [2.45, 2.75) is 32.7 Å². The highest BCUT2D eigenvalue weighted by Crippen LogP contribution is 2.16. The molecule has 0 radical (unpaired) electrons. The minimum absolute atomic E-state index is 0.164. The monoisotopic (exact) mass is 294 g/mol. The number of imidazole rings is 1. The first-order chi connectivity index (χ1) is 10.1. The number of hydrogen-bond acceptors (Lipinski definition) is 3. The van der Waals surface area contributed by atoms with E-state index in [4.69, 9.17) is 5.11 Å². The second-order valence-electron chi connectivity index (χ2n) is 5.38. The van der Waals surface area contributed by atoms with Gasteiger partial charge in [-0.15, -0.1) is 0 Å². The van der Waals surface area contributed by atoms with Crippen molar-refractivity contribution in [3.8, 4) is 0 Å². The summed E-state index contributed by atoms with van der Waals surface area (Å²) in [5, 5.41) is 11.9. The summed E-state index contributed by atoms with van der Waals surface area (Å²) < 4.78 is 2.04. The summed E-state index contributed by atoms with van der Waals surface area (Å²) >= 11 is 0. The van der Waals surface area contributed by atoms with Crippen LogP contribution in [0.5, 0.6) is 0 Å². The van der Waals surface area contributed by atoms with Crippen LogP contribution < -0.4 is 5.32 Å². The van der Waals surface area contributed by atoms with Gasteiger partial charge in [-0.1, -0.05) is 0 Å². The lowest BCUT2D eigenvalue weighted by molar-refractivity contribution is -0.143. The molecular weight excluding hydrogens is 272 g/mol. The van der Waals surface area contributed by atoms with Gasteiger partial charge in [0.1, 0.15) is 5.82 Å². The molecule has 21 heavy (non-hydrogen) atoms. The molecule has 2 rings (SSSR count). The van der Waals surface area contributed by atoms with Crippen LogP contribution in [0.4, 0.5) is 4.79 Å². The van der Waals surface area contributed by atoms with Gasteiger partial charge in [-0.3, -0.25) is 4.79 Å². The van der Waals surface area contributed by atoms with Gasteiger partial charge >= 0.3 is 12.0 Å². The van der Waals surface area contributed by atoms with Gasteiger partial charge in [-0.05, 0) is 26.2 Å². The molecule has 0 bridgehead atoms. The summed E-state index contributed by atoms with van der Waals surface area (Å²) in [6.07, 6.45) is 5.89. The van der Waals surface area contributed by atoms with E-state index in [0.717, 1.165) is 25.2 Å². The molecule has 7 nitrogen and oxygen atoms in total. The second kappa shape index (κ2) is 7.10. The van der Waals surface area contributed by atoms with E-state index < -0.39 is 11.9 Å². The molecule has 1 fully saturated rings. The van der Waals surface area contributed by atoms with Crippen LogP contribution in [0.1, 0.15) is 25.1 Å². The fourth-order valence-corrected chi connectivity index (χ4v) is 2.56. The molecule has 0 saturated carbocycles. The lowest BCUT2D eigenvalue weighted by Gasteiger charge is -2.30. The molecule has 1 atom stereocenters. The minimum atomic E-state index is -0.817. The van der Waals surface area contributed by atoms with Crippen molar-refractivity contribution >= 4 is 12.0 Å². The third-order valence-corrected chi connectivity index (χ3v) is 3.83. The van der Waals surface area contributed by atoms with Gasteiger partial charge in [-0.2, -0.15) is 0 Å². The van der Waals surface area contributed by atoms with Gasteiger partial charge in [0.05, 0.1) is 5.92 Å². The Hall–Kier alpha value is -2.05. The molecule has 1 unspecified atom stereocenters. The number of carbonyl (C=O) groups excluding carboxylic acids is 1. The first kappa shape index (κ1) is 15.3. The molecule has 0 aliphatic carbocycles. The number of urea groups is 1. The van der Waals surface area contributed by atoms with Crippen LogP contribution in [0.2, 0.25) is 0 Å². The van der Waals surface area contributed by atoms with Gasteiger partial charge in [0.2, 0.25) is 0 Å². The first-order valence-electron chi connectivity index (χ1n) is 7.31. The Morgan fingerprint density at radius 3 is 3.00 bits per heavy atom. The summed E-state index contributed by atoms with van der Waals surface area (Å²) in [5.41, 5.74) is 0. The Morgan fingerprint density at radius 1 is 1.52 bits per heavy atom. The van der Waals surface area contributed by atoms with Gasteiger partial charge < -0.3 is 19.9 Å². The number of aliphatic carboxylic acids is 1. The lowest BCUT2D eigenvalue weighted by atomic mass is 9.99. The smallest absolute Gasteiger partial charge is 0.317 e. The molecule has 0 spiro atoms. The van der Waals surface area contributed by atoms with Crippen molar-refractivity contribution in [1.82, 2.24) is 19.8 Å². The Balaban J connectivity index is 1.69. The lowest BCUT2D eigenvalue weighted by Crippen LogP contribution is -2.47. The molecule has 116 valence electrons. The van der Waals surface area contributed by atoms with Gasteiger partial charge in [0, 0.05) is 38.6 Å². The molecule has 1 saturated heterocycles. The molecular formula is C14H22N4O3. The highest BCUT2D eigenvalue weighted by Gasteiger charge is 2.27. The van der Waals surface area contributed by atoms with Crippen LogP contribution in [-0.4, -0.2) is 51.2 Å².